The Hall–Kier alpha value is -1.09. The summed E-state index contributed by atoms with van der Waals surface area (Å²) in [4.78, 5) is 11.6. The topological polar surface area (TPSA) is 46.5 Å². The zero-order valence-corrected chi connectivity index (χ0v) is 10.9. The van der Waals surface area contributed by atoms with Crippen molar-refractivity contribution in [1.82, 2.24) is 0 Å². The average molecular weight is 248 g/mol. The van der Waals surface area contributed by atoms with Gasteiger partial charge >= 0.3 is 5.97 Å². The monoisotopic (exact) mass is 248 g/mol. The van der Waals surface area contributed by atoms with E-state index in [0.717, 1.165) is 25.7 Å². The summed E-state index contributed by atoms with van der Waals surface area (Å²) in [6.07, 6.45) is 4.14. The quantitative estimate of drug-likeness (QED) is 0.406. The van der Waals surface area contributed by atoms with Crippen LogP contribution in [0.1, 0.15) is 39.0 Å². The van der Waals surface area contributed by atoms with Crippen LogP contribution in [0.5, 0.6) is 0 Å². The van der Waals surface area contributed by atoms with Crippen LogP contribution in [0.15, 0.2) is 24.3 Å². The fraction of sp³-hybridized carbons (Fsp3) is 0.667. The van der Waals surface area contributed by atoms with E-state index in [-0.39, 0.29) is 16.9 Å². The molecule has 2 aliphatic carbocycles. The van der Waals surface area contributed by atoms with E-state index < -0.39 is 17.7 Å². The third kappa shape index (κ3) is 1.37. The molecule has 98 valence electrons. The van der Waals surface area contributed by atoms with E-state index in [1.54, 1.807) is 0 Å². The number of fused-ring (bicyclic) bond motifs is 2. The van der Waals surface area contributed by atoms with E-state index in [9.17, 15) is 9.90 Å². The normalized spacial score (nSPS) is 47.6. The molecule has 0 aromatic rings. The highest BCUT2D eigenvalue weighted by Crippen LogP contribution is 2.57. The predicted molar refractivity (Wildman–Crippen MR) is 67.8 cm³/mol. The van der Waals surface area contributed by atoms with Crippen LogP contribution in [0.4, 0.5) is 0 Å². The van der Waals surface area contributed by atoms with Crippen molar-refractivity contribution in [2.24, 2.45) is 11.3 Å². The second kappa shape index (κ2) is 3.47. The fourth-order valence-electron chi connectivity index (χ4n) is 4.06. The lowest BCUT2D eigenvalue weighted by Crippen LogP contribution is -2.53. The van der Waals surface area contributed by atoms with Crippen molar-refractivity contribution < 1.29 is 14.6 Å². The van der Waals surface area contributed by atoms with E-state index in [1.165, 1.54) is 5.57 Å². The maximum atomic E-state index is 11.6. The lowest BCUT2D eigenvalue weighted by Gasteiger charge is -2.52. The van der Waals surface area contributed by atoms with E-state index in [2.05, 4.69) is 20.1 Å². The van der Waals surface area contributed by atoms with Crippen LogP contribution in [-0.4, -0.2) is 22.8 Å². The van der Waals surface area contributed by atoms with Gasteiger partial charge in [-0.2, -0.15) is 0 Å². The van der Waals surface area contributed by atoms with E-state index in [0.29, 0.717) is 6.42 Å². The maximum Gasteiger partial charge on any atom is 0.336 e. The number of esters is 1. The average Bonchev–Trinajstić information content (AvgIpc) is 2.50. The van der Waals surface area contributed by atoms with Crippen LogP contribution in [0.25, 0.3) is 0 Å². The van der Waals surface area contributed by atoms with E-state index in [1.807, 2.05) is 0 Å². The summed E-state index contributed by atoms with van der Waals surface area (Å²) in [5, 5.41) is 10.7. The largest absolute Gasteiger partial charge is 0.455 e. The van der Waals surface area contributed by atoms with Gasteiger partial charge in [-0.3, -0.25) is 0 Å². The Morgan fingerprint density at radius 1 is 1.39 bits per heavy atom. The molecule has 18 heavy (non-hydrogen) atoms. The second-order valence-electron chi connectivity index (χ2n) is 6.42. The van der Waals surface area contributed by atoms with Gasteiger partial charge in [0, 0.05) is 0 Å². The highest BCUT2D eigenvalue weighted by atomic mass is 16.6. The Kier molecular flexibility index (Phi) is 2.31. The van der Waals surface area contributed by atoms with Crippen molar-refractivity contribution in [1.29, 1.82) is 0 Å². The molecule has 3 aliphatic rings. The highest BCUT2D eigenvalue weighted by molar-refractivity contribution is 5.93. The van der Waals surface area contributed by atoms with Gasteiger partial charge in [0.15, 0.2) is 0 Å². The maximum absolute atomic E-state index is 11.6. The van der Waals surface area contributed by atoms with Crippen molar-refractivity contribution in [3.05, 3.63) is 24.3 Å². The molecule has 1 aliphatic heterocycles. The molecule has 1 heterocycles. The summed E-state index contributed by atoms with van der Waals surface area (Å²) >= 11 is 0. The molecule has 1 N–H and O–H groups in total. The molecule has 3 fully saturated rings. The van der Waals surface area contributed by atoms with Crippen LogP contribution in [0.3, 0.4) is 0 Å². The predicted octanol–water partition coefficient (Wildman–Crippen LogP) is 2.36. The van der Waals surface area contributed by atoms with Gasteiger partial charge in [-0.25, -0.2) is 4.79 Å². The number of aliphatic hydroxyl groups is 1. The van der Waals surface area contributed by atoms with E-state index >= 15 is 0 Å². The summed E-state index contributed by atoms with van der Waals surface area (Å²) in [6.45, 7) is 10.1. The highest BCUT2D eigenvalue weighted by Gasteiger charge is 2.60. The molecule has 3 heteroatoms. The number of allylic oxidation sites excluding steroid dienone is 1. The minimum Gasteiger partial charge on any atom is -0.455 e. The van der Waals surface area contributed by atoms with Gasteiger partial charge in [0.05, 0.1) is 5.57 Å². The minimum atomic E-state index is -1.17. The molecular weight excluding hydrogens is 228 g/mol. The standard InChI is InChI=1S/C15H20O3/c1-9-5-4-6-14(3)8-12-15(17,7-11(9)14)10(2)13(16)18-12/h11-12,17H,1-2,4-8H2,3H3/t11-,12-,14+,15+/m1/s1. The molecule has 4 atom stereocenters. The number of carbonyl (C=O) groups is 1. The molecule has 0 amide bonds. The molecule has 1 saturated heterocycles. The zero-order chi connectivity index (χ0) is 13.1. The smallest absolute Gasteiger partial charge is 0.336 e. The van der Waals surface area contributed by atoms with Gasteiger partial charge in [-0.05, 0) is 43.4 Å². The van der Waals surface area contributed by atoms with Gasteiger partial charge in [0.1, 0.15) is 11.7 Å². The van der Waals surface area contributed by atoms with Crippen LogP contribution in [-0.2, 0) is 9.53 Å². The second-order valence-corrected chi connectivity index (χ2v) is 6.42. The van der Waals surface area contributed by atoms with Crippen LogP contribution < -0.4 is 0 Å². The molecule has 3 nitrogen and oxygen atoms in total. The number of rotatable bonds is 0. The SMILES string of the molecule is C=C1CCC[C@@]2(C)C[C@H]3OC(=O)C(=C)[C@@]3(O)C[C@H]12. The Bertz CT molecular complexity index is 453. The molecule has 0 bridgehead atoms. The Morgan fingerprint density at radius 3 is 2.83 bits per heavy atom. The summed E-state index contributed by atoms with van der Waals surface area (Å²) < 4.78 is 5.31. The van der Waals surface area contributed by atoms with Gasteiger partial charge in [0.2, 0.25) is 0 Å². The van der Waals surface area contributed by atoms with Gasteiger partial charge < -0.3 is 9.84 Å². The van der Waals surface area contributed by atoms with E-state index in [4.69, 9.17) is 4.74 Å². The number of ether oxygens (including phenoxy) is 1. The van der Waals surface area contributed by atoms with Crippen molar-refractivity contribution in [3.63, 3.8) is 0 Å². The molecule has 0 radical (unpaired) electrons. The number of hydrogen-bond donors (Lipinski definition) is 1. The molecule has 3 rings (SSSR count). The van der Waals surface area contributed by atoms with Gasteiger partial charge in [-0.1, -0.05) is 25.7 Å². The zero-order valence-electron chi connectivity index (χ0n) is 10.9. The van der Waals surface area contributed by atoms with Gasteiger partial charge in [0.25, 0.3) is 0 Å². The first kappa shape index (κ1) is 12.0. The van der Waals surface area contributed by atoms with Crippen molar-refractivity contribution in [2.45, 2.75) is 50.7 Å². The fourth-order valence-corrected chi connectivity index (χ4v) is 4.06. The minimum absolute atomic E-state index is 0.108. The van der Waals surface area contributed by atoms with Crippen molar-refractivity contribution in [2.75, 3.05) is 0 Å². The van der Waals surface area contributed by atoms with Gasteiger partial charge in [-0.15, -0.1) is 0 Å². The summed E-state index contributed by atoms with van der Waals surface area (Å²) in [7, 11) is 0. The van der Waals surface area contributed by atoms with Crippen molar-refractivity contribution in [3.8, 4) is 0 Å². The van der Waals surface area contributed by atoms with Crippen LogP contribution in [0, 0.1) is 11.3 Å². The molecule has 0 spiro atoms. The first-order chi connectivity index (χ1) is 8.37. The first-order valence-electron chi connectivity index (χ1n) is 6.67. The first-order valence-corrected chi connectivity index (χ1v) is 6.67. The lowest BCUT2D eigenvalue weighted by molar-refractivity contribution is -0.150. The number of hydrogen-bond acceptors (Lipinski definition) is 3. The molecular formula is C15H20O3. The Morgan fingerprint density at radius 2 is 2.11 bits per heavy atom. The summed E-state index contributed by atoms with van der Waals surface area (Å²) in [5.74, 6) is -0.158. The molecule has 2 saturated carbocycles. The van der Waals surface area contributed by atoms with Crippen LogP contribution in [0.2, 0.25) is 0 Å². The van der Waals surface area contributed by atoms with Crippen LogP contribution >= 0.6 is 0 Å². The van der Waals surface area contributed by atoms with Crippen molar-refractivity contribution >= 4 is 5.97 Å². The summed E-state index contributed by atoms with van der Waals surface area (Å²) in [5.41, 5.74) is 0.384. The molecule has 0 aromatic heterocycles. The third-order valence-electron chi connectivity index (χ3n) is 5.30. The summed E-state index contributed by atoms with van der Waals surface area (Å²) in [6, 6.07) is 0. The third-order valence-corrected chi connectivity index (χ3v) is 5.30. The number of carbonyl (C=O) groups excluding carboxylic acids is 1. The lowest BCUT2D eigenvalue weighted by atomic mass is 9.54. The Labute approximate surface area is 108 Å². The molecule has 0 unspecified atom stereocenters. The Balaban J connectivity index is 1.99. The molecule has 0 aromatic carbocycles.